The van der Waals surface area contributed by atoms with Gasteiger partial charge in [0.2, 0.25) is 5.79 Å². The SMILES string of the molecule is OCC1OC(OC2(CO)O[C@H](CO)[C@@H](O)[C@@H]2O)C(O)C(O)C1O. The van der Waals surface area contributed by atoms with Crippen molar-refractivity contribution in [2.24, 2.45) is 0 Å². The summed E-state index contributed by atoms with van der Waals surface area (Å²) in [5.41, 5.74) is 0. The molecule has 9 atom stereocenters. The maximum absolute atomic E-state index is 10.00. The third kappa shape index (κ3) is 3.23. The lowest BCUT2D eigenvalue weighted by atomic mass is 9.99. The second kappa shape index (κ2) is 7.21. The van der Waals surface area contributed by atoms with Crippen LogP contribution in [0.15, 0.2) is 0 Å². The molecule has 2 aliphatic rings. The zero-order chi connectivity index (χ0) is 17.4. The second-order valence-corrected chi connectivity index (χ2v) is 5.56. The van der Waals surface area contributed by atoms with E-state index in [0.717, 1.165) is 0 Å². The molecule has 0 aromatic heterocycles. The highest BCUT2D eigenvalue weighted by Crippen LogP contribution is 2.35. The first-order chi connectivity index (χ1) is 10.8. The number of hydrogen-bond donors (Lipinski definition) is 8. The quantitative estimate of drug-likeness (QED) is 0.238. The molecule has 6 unspecified atom stereocenters. The minimum atomic E-state index is -2.22. The van der Waals surface area contributed by atoms with Crippen LogP contribution in [0, 0.1) is 0 Å². The van der Waals surface area contributed by atoms with E-state index in [0.29, 0.717) is 0 Å². The topological polar surface area (TPSA) is 190 Å². The van der Waals surface area contributed by atoms with E-state index < -0.39 is 74.6 Å². The molecule has 0 radical (unpaired) electrons. The largest absolute Gasteiger partial charge is 0.394 e. The van der Waals surface area contributed by atoms with Gasteiger partial charge in [0, 0.05) is 0 Å². The Morgan fingerprint density at radius 3 is 1.87 bits per heavy atom. The summed E-state index contributed by atoms with van der Waals surface area (Å²) in [5, 5.41) is 76.7. The highest BCUT2D eigenvalue weighted by atomic mass is 16.8. The van der Waals surface area contributed by atoms with Crippen LogP contribution in [0.3, 0.4) is 0 Å². The van der Waals surface area contributed by atoms with E-state index in [9.17, 15) is 30.6 Å². The van der Waals surface area contributed by atoms with Crippen molar-refractivity contribution in [2.45, 2.75) is 54.8 Å². The third-order valence-electron chi connectivity index (χ3n) is 4.07. The summed E-state index contributed by atoms with van der Waals surface area (Å²) in [4.78, 5) is 0. The van der Waals surface area contributed by atoms with Crippen molar-refractivity contribution >= 4 is 0 Å². The number of hydrogen-bond acceptors (Lipinski definition) is 11. The lowest BCUT2D eigenvalue weighted by Gasteiger charge is -2.43. The normalized spacial score (nSPS) is 51.1. The fourth-order valence-electron chi connectivity index (χ4n) is 2.63. The maximum atomic E-state index is 10.00. The molecule has 0 spiro atoms. The van der Waals surface area contributed by atoms with Crippen LogP contribution in [0.25, 0.3) is 0 Å². The van der Waals surface area contributed by atoms with E-state index in [4.69, 9.17) is 24.4 Å². The molecule has 0 saturated carbocycles. The Balaban J connectivity index is 2.18. The predicted octanol–water partition coefficient (Wildman–Crippen LogP) is -5.40. The smallest absolute Gasteiger partial charge is 0.224 e. The van der Waals surface area contributed by atoms with Crippen LogP contribution in [0.4, 0.5) is 0 Å². The molecular formula is C12H22O11. The van der Waals surface area contributed by atoms with Gasteiger partial charge in [0.05, 0.1) is 13.2 Å². The molecule has 0 amide bonds. The van der Waals surface area contributed by atoms with Gasteiger partial charge in [-0.05, 0) is 0 Å². The van der Waals surface area contributed by atoms with Gasteiger partial charge in [-0.2, -0.15) is 0 Å². The van der Waals surface area contributed by atoms with E-state index in [1.54, 1.807) is 0 Å². The van der Waals surface area contributed by atoms with Gasteiger partial charge in [-0.15, -0.1) is 0 Å². The van der Waals surface area contributed by atoms with Crippen molar-refractivity contribution in [3.63, 3.8) is 0 Å². The van der Waals surface area contributed by atoms with Crippen LogP contribution < -0.4 is 0 Å². The van der Waals surface area contributed by atoms with Crippen LogP contribution in [-0.4, -0.2) is 115 Å². The van der Waals surface area contributed by atoms with Crippen molar-refractivity contribution in [3.8, 4) is 0 Å². The Morgan fingerprint density at radius 1 is 0.783 bits per heavy atom. The second-order valence-electron chi connectivity index (χ2n) is 5.56. The monoisotopic (exact) mass is 342 g/mol. The van der Waals surface area contributed by atoms with E-state index in [2.05, 4.69) is 0 Å². The fraction of sp³-hybridized carbons (Fsp3) is 1.00. The average molecular weight is 342 g/mol. The molecule has 23 heavy (non-hydrogen) atoms. The highest BCUT2D eigenvalue weighted by molar-refractivity contribution is 4.98. The maximum Gasteiger partial charge on any atom is 0.224 e. The summed E-state index contributed by atoms with van der Waals surface area (Å²) in [5.74, 6) is -2.22. The van der Waals surface area contributed by atoms with Gasteiger partial charge >= 0.3 is 0 Å². The van der Waals surface area contributed by atoms with Crippen LogP contribution in [-0.2, 0) is 14.2 Å². The van der Waals surface area contributed by atoms with Crippen molar-refractivity contribution in [1.82, 2.24) is 0 Å². The van der Waals surface area contributed by atoms with Gasteiger partial charge in [-0.25, -0.2) is 0 Å². The molecule has 2 aliphatic heterocycles. The number of ether oxygens (including phenoxy) is 3. The molecule has 136 valence electrons. The third-order valence-corrected chi connectivity index (χ3v) is 4.07. The number of rotatable bonds is 5. The summed E-state index contributed by atoms with van der Waals surface area (Å²) < 4.78 is 15.4. The van der Waals surface area contributed by atoms with Crippen LogP contribution in [0.1, 0.15) is 0 Å². The van der Waals surface area contributed by atoms with E-state index >= 15 is 0 Å². The molecule has 2 saturated heterocycles. The molecule has 0 aliphatic carbocycles. The number of aliphatic hydroxyl groups is 8. The van der Waals surface area contributed by atoms with Gasteiger partial charge in [0.15, 0.2) is 6.29 Å². The molecule has 11 heteroatoms. The average Bonchev–Trinajstić information content (AvgIpc) is 2.80. The zero-order valence-corrected chi connectivity index (χ0v) is 12.0. The van der Waals surface area contributed by atoms with Crippen molar-refractivity contribution in [1.29, 1.82) is 0 Å². The van der Waals surface area contributed by atoms with E-state index in [-0.39, 0.29) is 0 Å². The first-order valence-electron chi connectivity index (χ1n) is 7.05. The van der Waals surface area contributed by atoms with E-state index in [1.807, 2.05) is 0 Å². The van der Waals surface area contributed by atoms with Crippen LogP contribution in [0.2, 0.25) is 0 Å². The summed E-state index contributed by atoms with van der Waals surface area (Å²) in [7, 11) is 0. The first kappa shape index (κ1) is 18.9. The van der Waals surface area contributed by atoms with Crippen molar-refractivity contribution in [2.75, 3.05) is 19.8 Å². The van der Waals surface area contributed by atoms with Gasteiger partial charge in [0.1, 0.15) is 49.3 Å². The standard InChI is InChI=1S/C12H22O11/c13-1-4-6(16)8(18)9(19)11(21-4)23-12(3-15)10(20)7(17)5(2-14)22-12/h4-11,13-20H,1-3H2/t4?,5-,6?,7-,8?,9?,10+,11?,12?/m1/s1. The Labute approximate surface area is 130 Å². The van der Waals surface area contributed by atoms with Crippen LogP contribution >= 0.6 is 0 Å². The molecule has 8 N–H and O–H groups in total. The number of aliphatic hydroxyl groups excluding tert-OH is 8. The Hall–Kier alpha value is -0.440. The van der Waals surface area contributed by atoms with Gasteiger partial charge in [0.25, 0.3) is 0 Å². The van der Waals surface area contributed by atoms with Crippen molar-refractivity contribution < 1.29 is 55.1 Å². The van der Waals surface area contributed by atoms with E-state index in [1.165, 1.54) is 0 Å². The first-order valence-corrected chi connectivity index (χ1v) is 7.05. The minimum absolute atomic E-state index is 0.669. The minimum Gasteiger partial charge on any atom is -0.394 e. The molecule has 0 aromatic carbocycles. The lowest BCUT2D eigenvalue weighted by molar-refractivity contribution is -0.383. The fourth-order valence-corrected chi connectivity index (χ4v) is 2.63. The molecule has 11 nitrogen and oxygen atoms in total. The zero-order valence-electron chi connectivity index (χ0n) is 12.0. The highest BCUT2D eigenvalue weighted by Gasteiger charge is 2.58. The Bertz CT molecular complexity index is 393. The summed E-state index contributed by atoms with van der Waals surface area (Å²) in [6.07, 6.45) is -12.7. The van der Waals surface area contributed by atoms with Gasteiger partial charge < -0.3 is 55.1 Å². The lowest BCUT2D eigenvalue weighted by Crippen LogP contribution is -2.62. The summed E-state index contributed by atoms with van der Waals surface area (Å²) in [6.45, 7) is -2.32. The van der Waals surface area contributed by atoms with Gasteiger partial charge in [-0.1, -0.05) is 0 Å². The Kier molecular flexibility index (Phi) is 5.92. The summed E-state index contributed by atoms with van der Waals surface area (Å²) >= 11 is 0. The van der Waals surface area contributed by atoms with Gasteiger partial charge in [-0.3, -0.25) is 0 Å². The molecule has 0 aromatic rings. The Morgan fingerprint density at radius 2 is 1.39 bits per heavy atom. The molecule has 0 bridgehead atoms. The molecule has 2 fully saturated rings. The molecule has 2 rings (SSSR count). The summed E-state index contributed by atoms with van der Waals surface area (Å²) in [6, 6.07) is 0. The molecule has 2 heterocycles. The predicted molar refractivity (Wildman–Crippen MR) is 68.6 cm³/mol. The molecular weight excluding hydrogens is 320 g/mol. The van der Waals surface area contributed by atoms with Crippen molar-refractivity contribution in [3.05, 3.63) is 0 Å². The van der Waals surface area contributed by atoms with Crippen LogP contribution in [0.5, 0.6) is 0 Å².